The van der Waals surface area contributed by atoms with Gasteiger partial charge in [-0.2, -0.15) is 0 Å². The van der Waals surface area contributed by atoms with Crippen molar-refractivity contribution in [2.45, 2.75) is 6.92 Å². The van der Waals surface area contributed by atoms with E-state index in [0.29, 0.717) is 34.7 Å². The SMILES string of the molecule is COc1cc(Nc2ncc3c(C)nc(-c4cccc(-c5cccc(C(=O)O)c5)c4)n3n2)cc(OC)c1OC. The Bertz CT molecular complexity index is 1640. The highest BCUT2D eigenvalue weighted by molar-refractivity contribution is 5.89. The highest BCUT2D eigenvalue weighted by atomic mass is 16.5. The maximum absolute atomic E-state index is 11.4. The fourth-order valence-corrected chi connectivity index (χ4v) is 4.22. The molecule has 0 fully saturated rings. The predicted molar refractivity (Wildman–Crippen MR) is 143 cm³/mol. The summed E-state index contributed by atoms with van der Waals surface area (Å²) >= 11 is 0. The molecule has 0 unspecified atom stereocenters. The van der Waals surface area contributed by atoms with Gasteiger partial charge >= 0.3 is 5.97 Å². The molecule has 0 bridgehead atoms. The normalized spacial score (nSPS) is 10.8. The molecule has 0 saturated carbocycles. The number of ether oxygens (including phenoxy) is 3. The largest absolute Gasteiger partial charge is 0.493 e. The molecule has 2 heterocycles. The molecule has 10 heteroatoms. The number of carboxylic acids is 1. The van der Waals surface area contributed by atoms with E-state index in [1.165, 1.54) is 0 Å². The molecule has 0 saturated heterocycles. The maximum Gasteiger partial charge on any atom is 0.335 e. The van der Waals surface area contributed by atoms with E-state index in [0.717, 1.165) is 27.9 Å². The summed E-state index contributed by atoms with van der Waals surface area (Å²) in [5, 5.41) is 17.3. The van der Waals surface area contributed by atoms with Crippen LogP contribution in [0.4, 0.5) is 11.6 Å². The van der Waals surface area contributed by atoms with Gasteiger partial charge in [-0.1, -0.05) is 30.3 Å². The molecule has 0 aliphatic heterocycles. The van der Waals surface area contributed by atoms with Crippen LogP contribution >= 0.6 is 0 Å². The number of hydrogen-bond acceptors (Lipinski definition) is 8. The number of nitrogens with zero attached hydrogens (tertiary/aromatic N) is 4. The fraction of sp³-hybridized carbons (Fsp3) is 0.143. The van der Waals surface area contributed by atoms with Crippen molar-refractivity contribution in [1.82, 2.24) is 19.6 Å². The molecular formula is C28H25N5O5. The molecule has 0 spiro atoms. The monoisotopic (exact) mass is 511 g/mol. The minimum Gasteiger partial charge on any atom is -0.493 e. The van der Waals surface area contributed by atoms with Crippen molar-refractivity contribution in [3.05, 3.63) is 78.1 Å². The van der Waals surface area contributed by atoms with Crippen LogP contribution in [0.25, 0.3) is 28.0 Å². The van der Waals surface area contributed by atoms with Crippen LogP contribution in [0.5, 0.6) is 17.2 Å². The number of methoxy groups -OCH3 is 3. The van der Waals surface area contributed by atoms with Crippen LogP contribution in [0.2, 0.25) is 0 Å². The summed E-state index contributed by atoms with van der Waals surface area (Å²) in [5.74, 6) is 1.48. The van der Waals surface area contributed by atoms with E-state index in [1.807, 2.05) is 37.3 Å². The number of nitrogens with one attached hydrogen (secondary N) is 1. The number of carbonyl (C=O) groups is 1. The zero-order valence-corrected chi connectivity index (χ0v) is 21.2. The summed E-state index contributed by atoms with van der Waals surface area (Å²) in [6.07, 6.45) is 1.71. The predicted octanol–water partition coefficient (Wildman–Crippen LogP) is 5.23. The highest BCUT2D eigenvalue weighted by Crippen LogP contribution is 2.40. The lowest BCUT2D eigenvalue weighted by atomic mass is 10.0. The molecule has 192 valence electrons. The van der Waals surface area contributed by atoms with Crippen molar-refractivity contribution < 1.29 is 24.1 Å². The van der Waals surface area contributed by atoms with Crippen molar-refractivity contribution in [3.63, 3.8) is 0 Å². The summed E-state index contributed by atoms with van der Waals surface area (Å²) in [7, 11) is 4.65. The lowest BCUT2D eigenvalue weighted by Crippen LogP contribution is -2.04. The summed E-state index contributed by atoms with van der Waals surface area (Å²) < 4.78 is 18.0. The first-order valence-electron chi connectivity index (χ1n) is 11.7. The number of aromatic carboxylic acids is 1. The second kappa shape index (κ2) is 10.1. The number of benzene rings is 3. The first kappa shape index (κ1) is 24.6. The molecule has 0 aliphatic rings. The zero-order valence-electron chi connectivity index (χ0n) is 21.2. The standard InChI is InChI=1S/C28H25N5O5/c1-16-22-15-29-28(31-21-13-23(36-2)25(38-4)24(14-21)37-3)32-33(22)26(30-16)19-9-5-7-17(11-19)18-8-6-10-20(12-18)27(34)35/h5-15H,1-4H3,(H,31,32)(H,34,35). The number of aromatic nitrogens is 4. The third-order valence-electron chi connectivity index (χ3n) is 6.06. The molecule has 2 aromatic heterocycles. The third-order valence-corrected chi connectivity index (χ3v) is 6.06. The molecule has 2 N–H and O–H groups in total. The van der Waals surface area contributed by atoms with Gasteiger partial charge in [0, 0.05) is 23.4 Å². The Morgan fingerprint density at radius 2 is 1.55 bits per heavy atom. The zero-order chi connectivity index (χ0) is 26.8. The fourth-order valence-electron chi connectivity index (χ4n) is 4.22. The average molecular weight is 512 g/mol. The Balaban J connectivity index is 1.54. The summed E-state index contributed by atoms with van der Waals surface area (Å²) in [4.78, 5) is 20.6. The molecular weight excluding hydrogens is 486 g/mol. The topological polar surface area (TPSA) is 120 Å². The minimum atomic E-state index is -0.971. The summed E-state index contributed by atoms with van der Waals surface area (Å²) in [6.45, 7) is 1.90. The van der Waals surface area contributed by atoms with E-state index < -0.39 is 5.97 Å². The van der Waals surface area contributed by atoms with Crippen LogP contribution in [0, 0.1) is 6.92 Å². The van der Waals surface area contributed by atoms with E-state index >= 15 is 0 Å². The van der Waals surface area contributed by atoms with Gasteiger partial charge in [-0.3, -0.25) is 0 Å². The second-order valence-corrected chi connectivity index (χ2v) is 8.41. The number of aryl methyl sites for hydroxylation is 1. The van der Waals surface area contributed by atoms with E-state index in [9.17, 15) is 9.90 Å². The van der Waals surface area contributed by atoms with Gasteiger partial charge in [-0.05, 0) is 36.2 Å². The summed E-state index contributed by atoms with van der Waals surface area (Å²) in [5.41, 5.74) is 4.89. The van der Waals surface area contributed by atoms with Crippen LogP contribution in [0.1, 0.15) is 16.1 Å². The van der Waals surface area contributed by atoms with E-state index in [2.05, 4.69) is 10.3 Å². The minimum absolute atomic E-state index is 0.227. The Morgan fingerprint density at radius 1 is 0.895 bits per heavy atom. The van der Waals surface area contributed by atoms with Crippen molar-refractivity contribution in [3.8, 4) is 39.8 Å². The molecule has 3 aromatic carbocycles. The quantitative estimate of drug-likeness (QED) is 0.288. The van der Waals surface area contributed by atoms with Crippen LogP contribution < -0.4 is 19.5 Å². The van der Waals surface area contributed by atoms with Crippen LogP contribution in [-0.4, -0.2) is 52.0 Å². The van der Waals surface area contributed by atoms with Crippen molar-refractivity contribution in [2.75, 3.05) is 26.6 Å². The maximum atomic E-state index is 11.4. The Morgan fingerprint density at radius 3 is 2.21 bits per heavy atom. The van der Waals surface area contributed by atoms with Crippen LogP contribution in [0.15, 0.2) is 66.9 Å². The molecule has 5 rings (SSSR count). The van der Waals surface area contributed by atoms with Gasteiger partial charge in [0.05, 0.1) is 38.8 Å². The molecule has 0 amide bonds. The third kappa shape index (κ3) is 4.55. The lowest BCUT2D eigenvalue weighted by molar-refractivity contribution is 0.0697. The summed E-state index contributed by atoms with van der Waals surface area (Å²) in [6, 6.07) is 18.1. The van der Waals surface area contributed by atoms with E-state index in [4.69, 9.17) is 24.3 Å². The molecule has 5 aromatic rings. The Hall–Kier alpha value is -5.12. The van der Waals surface area contributed by atoms with Gasteiger partial charge < -0.3 is 24.6 Å². The number of anilines is 2. The Kier molecular flexibility index (Phi) is 6.53. The van der Waals surface area contributed by atoms with Gasteiger partial charge in [0.15, 0.2) is 17.3 Å². The van der Waals surface area contributed by atoms with Gasteiger partial charge in [0.2, 0.25) is 11.7 Å². The number of rotatable bonds is 8. The average Bonchev–Trinajstić information content (AvgIpc) is 3.28. The van der Waals surface area contributed by atoms with E-state index in [1.54, 1.807) is 62.4 Å². The number of hydrogen-bond donors (Lipinski definition) is 2. The van der Waals surface area contributed by atoms with Gasteiger partial charge in [-0.25, -0.2) is 19.3 Å². The molecule has 0 atom stereocenters. The number of fused-ring (bicyclic) bond motifs is 1. The highest BCUT2D eigenvalue weighted by Gasteiger charge is 2.16. The molecule has 10 nitrogen and oxygen atoms in total. The smallest absolute Gasteiger partial charge is 0.335 e. The first-order chi connectivity index (χ1) is 18.4. The Labute approximate surface area is 218 Å². The van der Waals surface area contributed by atoms with Gasteiger partial charge in [0.25, 0.3) is 0 Å². The van der Waals surface area contributed by atoms with E-state index in [-0.39, 0.29) is 5.56 Å². The second-order valence-electron chi connectivity index (χ2n) is 8.41. The lowest BCUT2D eigenvalue weighted by Gasteiger charge is -2.14. The van der Waals surface area contributed by atoms with Crippen molar-refractivity contribution in [1.29, 1.82) is 0 Å². The first-order valence-corrected chi connectivity index (χ1v) is 11.7. The molecule has 0 aliphatic carbocycles. The number of imidazole rings is 1. The van der Waals surface area contributed by atoms with Crippen LogP contribution in [0.3, 0.4) is 0 Å². The van der Waals surface area contributed by atoms with Crippen molar-refractivity contribution >= 4 is 23.1 Å². The van der Waals surface area contributed by atoms with Crippen LogP contribution in [-0.2, 0) is 0 Å². The van der Waals surface area contributed by atoms with Crippen molar-refractivity contribution in [2.24, 2.45) is 0 Å². The van der Waals surface area contributed by atoms with Gasteiger partial charge in [-0.15, -0.1) is 5.10 Å². The molecule has 38 heavy (non-hydrogen) atoms. The number of carboxylic acid groups (broad SMARTS) is 1. The molecule has 0 radical (unpaired) electrons. The van der Waals surface area contributed by atoms with Gasteiger partial charge in [0.1, 0.15) is 5.52 Å².